The van der Waals surface area contributed by atoms with Crippen molar-refractivity contribution in [2.24, 2.45) is 5.73 Å². The zero-order valence-corrected chi connectivity index (χ0v) is 11.2. The fourth-order valence-electron chi connectivity index (χ4n) is 1.64. The fraction of sp³-hybridized carbons (Fsp3) is 0.0833. The molecule has 2 rings (SSSR count). The molecule has 1 aromatic heterocycles. The molecular weight excluding hydrogens is 280 g/mol. The number of aromatic nitrogens is 2. The minimum atomic E-state index is -3.98. The predicted molar refractivity (Wildman–Crippen MR) is 75.6 cm³/mol. The average Bonchev–Trinajstić information content (AvgIpc) is 2.37. The van der Waals surface area contributed by atoms with Crippen molar-refractivity contribution >= 4 is 32.9 Å². The number of urea groups is 1. The molecule has 2 aromatic rings. The Morgan fingerprint density at radius 1 is 1.40 bits per heavy atom. The van der Waals surface area contributed by atoms with Gasteiger partial charge in [-0.15, -0.1) is 6.58 Å². The van der Waals surface area contributed by atoms with Gasteiger partial charge in [0.1, 0.15) is 0 Å². The lowest BCUT2D eigenvalue weighted by atomic mass is 10.2. The summed E-state index contributed by atoms with van der Waals surface area (Å²) in [5.41, 5.74) is 5.63. The number of sulfonamides is 1. The van der Waals surface area contributed by atoms with Crippen molar-refractivity contribution < 1.29 is 13.2 Å². The summed E-state index contributed by atoms with van der Waals surface area (Å²) in [6.45, 7) is 3.33. The van der Waals surface area contributed by atoms with Crippen molar-refractivity contribution in [2.75, 3.05) is 10.1 Å². The number of hydrogen-bond acceptors (Lipinski definition) is 5. The summed E-state index contributed by atoms with van der Waals surface area (Å²) < 4.78 is 24.3. The number of benzene rings is 1. The number of amides is 2. The summed E-state index contributed by atoms with van der Waals surface area (Å²) in [5.74, 6) is -0.718. The molecule has 0 radical (unpaired) electrons. The molecule has 2 N–H and O–H groups in total. The van der Waals surface area contributed by atoms with Crippen molar-refractivity contribution in [3.63, 3.8) is 0 Å². The maximum atomic E-state index is 12.0. The molecule has 1 aromatic carbocycles. The predicted octanol–water partition coefficient (Wildman–Crippen LogP) is 1.03. The summed E-state index contributed by atoms with van der Waals surface area (Å²) >= 11 is 0. The second-order valence-corrected chi connectivity index (χ2v) is 5.76. The van der Waals surface area contributed by atoms with Crippen LogP contribution in [0.15, 0.2) is 43.1 Å². The van der Waals surface area contributed by atoms with Crippen molar-refractivity contribution in [3.05, 3.63) is 43.1 Å². The van der Waals surface area contributed by atoms with Gasteiger partial charge in [-0.3, -0.25) is 0 Å². The molecule has 0 unspecified atom stereocenters. The minimum absolute atomic E-state index is 0.280. The van der Waals surface area contributed by atoms with E-state index in [0.29, 0.717) is 9.82 Å². The van der Waals surface area contributed by atoms with Gasteiger partial charge in [0.2, 0.25) is 16.0 Å². The highest BCUT2D eigenvalue weighted by molar-refractivity contribution is 7.93. The third kappa shape index (κ3) is 2.59. The van der Waals surface area contributed by atoms with Gasteiger partial charge < -0.3 is 5.73 Å². The van der Waals surface area contributed by atoms with Crippen LogP contribution in [0.25, 0.3) is 10.9 Å². The van der Waals surface area contributed by atoms with Gasteiger partial charge in [0.25, 0.3) is 0 Å². The first-order valence-electron chi connectivity index (χ1n) is 5.61. The van der Waals surface area contributed by atoms with Crippen LogP contribution < -0.4 is 10.0 Å². The van der Waals surface area contributed by atoms with Gasteiger partial charge in [-0.05, 0) is 6.07 Å². The zero-order chi connectivity index (χ0) is 14.8. The quantitative estimate of drug-likeness (QED) is 0.847. The Morgan fingerprint density at radius 2 is 2.10 bits per heavy atom. The summed E-state index contributed by atoms with van der Waals surface area (Å²) in [6, 6.07) is 5.82. The first-order chi connectivity index (χ1) is 9.45. The summed E-state index contributed by atoms with van der Waals surface area (Å²) in [7, 11) is -3.98. The van der Waals surface area contributed by atoms with E-state index < -0.39 is 21.8 Å². The molecule has 0 saturated heterocycles. The lowest BCUT2D eigenvalue weighted by molar-refractivity contribution is 0.256. The molecule has 8 heteroatoms. The highest BCUT2D eigenvalue weighted by Gasteiger charge is 2.28. The highest BCUT2D eigenvalue weighted by Crippen LogP contribution is 2.17. The van der Waals surface area contributed by atoms with E-state index in [1.54, 1.807) is 24.3 Å². The van der Waals surface area contributed by atoms with E-state index in [1.807, 2.05) is 0 Å². The standard InChI is InChI=1S/C12H12N4O3S/c1-2-7-20(18,19)16(11(13)17)12-14-8-9-5-3-4-6-10(9)15-12/h2-6,8H,1,7H2,(H2,13,17). The van der Waals surface area contributed by atoms with Gasteiger partial charge in [0.05, 0.1) is 11.3 Å². The van der Waals surface area contributed by atoms with E-state index in [-0.39, 0.29) is 5.95 Å². The van der Waals surface area contributed by atoms with Gasteiger partial charge in [0, 0.05) is 11.6 Å². The largest absolute Gasteiger partial charge is 0.350 e. The molecule has 0 spiro atoms. The van der Waals surface area contributed by atoms with Crippen molar-refractivity contribution in [2.45, 2.75) is 0 Å². The third-order valence-electron chi connectivity index (χ3n) is 2.46. The van der Waals surface area contributed by atoms with Gasteiger partial charge >= 0.3 is 6.03 Å². The van der Waals surface area contributed by atoms with E-state index in [1.165, 1.54) is 6.20 Å². The molecule has 0 fully saturated rings. The number of primary amides is 1. The maximum absolute atomic E-state index is 12.0. The Labute approximate surface area is 115 Å². The SMILES string of the molecule is C=CCS(=O)(=O)N(C(N)=O)c1ncc2ccccc2n1. The lowest BCUT2D eigenvalue weighted by Gasteiger charge is -2.17. The van der Waals surface area contributed by atoms with Crippen LogP contribution >= 0.6 is 0 Å². The number of nitrogens with two attached hydrogens (primary N) is 1. The Hall–Kier alpha value is -2.48. The summed E-state index contributed by atoms with van der Waals surface area (Å²) in [5, 5.41) is 0.724. The van der Waals surface area contributed by atoms with Crippen LogP contribution in [-0.2, 0) is 10.0 Å². The molecule has 0 aliphatic carbocycles. The number of carbonyl (C=O) groups excluding carboxylic acids is 1. The number of nitrogens with zero attached hydrogens (tertiary/aromatic N) is 3. The topological polar surface area (TPSA) is 106 Å². The molecule has 0 saturated carbocycles. The number of hydrogen-bond donors (Lipinski definition) is 1. The molecule has 2 amide bonds. The Morgan fingerprint density at radius 3 is 2.75 bits per heavy atom. The van der Waals surface area contributed by atoms with Crippen LogP contribution in [0.3, 0.4) is 0 Å². The van der Waals surface area contributed by atoms with E-state index >= 15 is 0 Å². The summed E-state index contributed by atoms with van der Waals surface area (Å²) in [6.07, 6.45) is 2.59. The third-order valence-corrected chi connectivity index (χ3v) is 4.02. The first kappa shape index (κ1) is 13.9. The van der Waals surface area contributed by atoms with E-state index in [9.17, 15) is 13.2 Å². The van der Waals surface area contributed by atoms with Crippen LogP contribution in [-0.4, -0.2) is 30.2 Å². The smallest absolute Gasteiger partial charge is 0.335 e. The molecule has 7 nitrogen and oxygen atoms in total. The molecule has 0 aliphatic heterocycles. The monoisotopic (exact) mass is 292 g/mol. The number of rotatable bonds is 4. The molecule has 0 bridgehead atoms. The summed E-state index contributed by atoms with van der Waals surface area (Å²) in [4.78, 5) is 19.3. The van der Waals surface area contributed by atoms with Gasteiger partial charge in [0.15, 0.2) is 0 Å². The van der Waals surface area contributed by atoms with Crippen molar-refractivity contribution in [1.29, 1.82) is 0 Å². The zero-order valence-electron chi connectivity index (χ0n) is 10.4. The number of anilines is 1. The van der Waals surface area contributed by atoms with Crippen LogP contribution in [0.4, 0.5) is 10.7 Å². The fourth-order valence-corrected chi connectivity index (χ4v) is 2.70. The van der Waals surface area contributed by atoms with Gasteiger partial charge in [-0.25, -0.2) is 23.2 Å². The second kappa shape index (κ2) is 5.25. The van der Waals surface area contributed by atoms with E-state index in [2.05, 4.69) is 16.5 Å². The molecule has 0 aliphatic rings. The van der Waals surface area contributed by atoms with Crippen molar-refractivity contribution in [3.8, 4) is 0 Å². The van der Waals surface area contributed by atoms with Crippen LogP contribution in [0.5, 0.6) is 0 Å². The van der Waals surface area contributed by atoms with Crippen LogP contribution in [0, 0.1) is 0 Å². The first-order valence-corrected chi connectivity index (χ1v) is 7.22. The van der Waals surface area contributed by atoms with Crippen LogP contribution in [0.1, 0.15) is 0 Å². The number of para-hydroxylation sites is 1. The Kier molecular flexibility index (Phi) is 3.66. The van der Waals surface area contributed by atoms with E-state index in [0.717, 1.165) is 11.5 Å². The van der Waals surface area contributed by atoms with E-state index in [4.69, 9.17) is 5.73 Å². The average molecular weight is 292 g/mol. The lowest BCUT2D eigenvalue weighted by Crippen LogP contribution is -2.42. The molecule has 0 atom stereocenters. The Balaban J connectivity index is 2.58. The normalized spacial score (nSPS) is 11.2. The molecule has 1 heterocycles. The number of fused-ring (bicyclic) bond motifs is 1. The van der Waals surface area contributed by atoms with Crippen LogP contribution in [0.2, 0.25) is 0 Å². The minimum Gasteiger partial charge on any atom is -0.350 e. The number of carbonyl (C=O) groups is 1. The molecule has 20 heavy (non-hydrogen) atoms. The molecule has 104 valence electrons. The van der Waals surface area contributed by atoms with Gasteiger partial charge in [-0.2, -0.15) is 4.31 Å². The Bertz CT molecular complexity index is 773. The second-order valence-electron chi connectivity index (χ2n) is 3.90. The molecular formula is C12H12N4O3S. The van der Waals surface area contributed by atoms with Crippen molar-refractivity contribution in [1.82, 2.24) is 9.97 Å². The highest BCUT2D eigenvalue weighted by atomic mass is 32.2. The van der Waals surface area contributed by atoms with Gasteiger partial charge in [-0.1, -0.05) is 24.3 Å². The maximum Gasteiger partial charge on any atom is 0.335 e.